The second-order valence-electron chi connectivity index (χ2n) is 6.59. The third kappa shape index (κ3) is 3.85. The van der Waals surface area contributed by atoms with E-state index < -0.39 is 15.8 Å². The van der Waals surface area contributed by atoms with Crippen LogP contribution in [0.2, 0.25) is 0 Å². The minimum Gasteiger partial charge on any atom is -0.454 e. The van der Waals surface area contributed by atoms with Crippen molar-refractivity contribution in [3.8, 4) is 0 Å². The Labute approximate surface area is 152 Å². The molecule has 1 aliphatic carbocycles. The summed E-state index contributed by atoms with van der Waals surface area (Å²) >= 11 is 0. The van der Waals surface area contributed by atoms with Gasteiger partial charge in [-0.15, -0.1) is 0 Å². The second-order valence-corrected chi connectivity index (χ2v) is 8.60. The number of rotatable bonds is 5. The summed E-state index contributed by atoms with van der Waals surface area (Å²) in [7, 11) is -3.43. The number of sulfone groups is 1. The molecule has 2 aromatic rings. The zero-order valence-electron chi connectivity index (χ0n) is 14.7. The van der Waals surface area contributed by atoms with Crippen LogP contribution in [0.15, 0.2) is 41.3 Å². The highest BCUT2D eigenvalue weighted by molar-refractivity contribution is 7.90. The highest BCUT2D eigenvalue weighted by Gasteiger charge is 2.18. The minimum absolute atomic E-state index is 0.0417. The van der Waals surface area contributed by atoms with Crippen molar-refractivity contribution >= 4 is 21.6 Å². The summed E-state index contributed by atoms with van der Waals surface area (Å²) in [6.07, 6.45) is 4.17. The van der Waals surface area contributed by atoms with E-state index >= 15 is 0 Å². The molecule has 0 unspecified atom stereocenters. The number of carbonyl (C=O) groups excluding carboxylic acids is 2. The van der Waals surface area contributed by atoms with E-state index in [1.54, 1.807) is 19.1 Å². The third-order valence-corrected chi connectivity index (χ3v) is 5.72. The van der Waals surface area contributed by atoms with E-state index in [9.17, 15) is 18.0 Å². The van der Waals surface area contributed by atoms with Crippen LogP contribution in [0.5, 0.6) is 0 Å². The standard InChI is InChI=1S/C20H20O5S/c1-13-6-9-17(26(2,23)24)11-18(13)20(22)25-12-19(21)16-8-7-14-4-3-5-15(14)10-16/h6-11H,3-5,12H2,1-2H3. The predicted octanol–water partition coefficient (Wildman–Crippen LogP) is 2.93. The van der Waals surface area contributed by atoms with Crippen LogP contribution in [0, 0.1) is 6.92 Å². The van der Waals surface area contributed by atoms with Gasteiger partial charge in [0, 0.05) is 11.8 Å². The van der Waals surface area contributed by atoms with Gasteiger partial charge in [0.15, 0.2) is 22.2 Å². The highest BCUT2D eigenvalue weighted by Crippen LogP contribution is 2.23. The molecule has 0 aliphatic heterocycles. The SMILES string of the molecule is Cc1ccc(S(C)(=O)=O)cc1C(=O)OCC(=O)c1ccc2c(c1)CCC2. The Balaban J connectivity index is 1.72. The molecule has 5 nitrogen and oxygen atoms in total. The Morgan fingerprint density at radius 3 is 2.50 bits per heavy atom. The van der Waals surface area contributed by atoms with Crippen LogP contribution in [0.4, 0.5) is 0 Å². The number of esters is 1. The maximum Gasteiger partial charge on any atom is 0.338 e. The summed E-state index contributed by atoms with van der Waals surface area (Å²) in [5.41, 5.74) is 3.72. The minimum atomic E-state index is -3.43. The third-order valence-electron chi connectivity index (χ3n) is 4.61. The topological polar surface area (TPSA) is 77.5 Å². The van der Waals surface area contributed by atoms with Crippen molar-refractivity contribution in [1.29, 1.82) is 0 Å². The van der Waals surface area contributed by atoms with Crippen molar-refractivity contribution in [2.45, 2.75) is 31.1 Å². The molecule has 0 spiro atoms. The molecule has 6 heteroatoms. The lowest BCUT2D eigenvalue weighted by Gasteiger charge is -2.09. The van der Waals surface area contributed by atoms with Gasteiger partial charge < -0.3 is 4.74 Å². The fourth-order valence-electron chi connectivity index (χ4n) is 3.09. The van der Waals surface area contributed by atoms with Crippen molar-refractivity contribution in [1.82, 2.24) is 0 Å². The zero-order valence-corrected chi connectivity index (χ0v) is 15.6. The molecule has 0 bridgehead atoms. The van der Waals surface area contributed by atoms with Crippen molar-refractivity contribution in [3.63, 3.8) is 0 Å². The molecule has 2 aromatic carbocycles. The molecule has 3 rings (SSSR count). The van der Waals surface area contributed by atoms with Crippen LogP contribution in [-0.2, 0) is 27.4 Å². The first kappa shape index (κ1) is 18.3. The lowest BCUT2D eigenvalue weighted by Crippen LogP contribution is -2.16. The fraction of sp³-hybridized carbons (Fsp3) is 0.300. The number of ketones is 1. The maximum atomic E-state index is 12.3. The summed E-state index contributed by atoms with van der Waals surface area (Å²) in [6.45, 7) is 1.31. The number of benzene rings is 2. The van der Waals surface area contributed by atoms with Gasteiger partial charge >= 0.3 is 5.97 Å². The number of aryl methyl sites for hydroxylation is 3. The maximum absolute atomic E-state index is 12.3. The van der Waals surface area contributed by atoms with Gasteiger partial charge in [-0.1, -0.05) is 18.2 Å². The van der Waals surface area contributed by atoms with Crippen LogP contribution in [0.25, 0.3) is 0 Å². The quantitative estimate of drug-likeness (QED) is 0.596. The van der Waals surface area contributed by atoms with Crippen LogP contribution in [0.3, 0.4) is 0 Å². The molecule has 0 radical (unpaired) electrons. The molecule has 0 N–H and O–H groups in total. The van der Waals surface area contributed by atoms with Gasteiger partial charge in [-0.05, 0) is 61.1 Å². The number of carbonyl (C=O) groups is 2. The largest absolute Gasteiger partial charge is 0.454 e. The number of hydrogen-bond acceptors (Lipinski definition) is 5. The summed E-state index contributed by atoms with van der Waals surface area (Å²) in [5.74, 6) is -0.979. The summed E-state index contributed by atoms with van der Waals surface area (Å²) in [4.78, 5) is 24.7. The summed E-state index contributed by atoms with van der Waals surface area (Å²) < 4.78 is 28.4. The first-order valence-corrected chi connectivity index (χ1v) is 10.3. The van der Waals surface area contributed by atoms with Gasteiger partial charge in [0.05, 0.1) is 10.5 Å². The van der Waals surface area contributed by atoms with Gasteiger partial charge in [0.2, 0.25) is 0 Å². The van der Waals surface area contributed by atoms with E-state index in [1.807, 2.05) is 12.1 Å². The normalized spacial score (nSPS) is 13.3. The van der Waals surface area contributed by atoms with E-state index in [0.29, 0.717) is 11.1 Å². The molecular formula is C20H20O5S. The lowest BCUT2D eigenvalue weighted by atomic mass is 10.0. The zero-order chi connectivity index (χ0) is 18.9. The molecule has 0 saturated carbocycles. The Morgan fingerprint density at radius 1 is 1.04 bits per heavy atom. The van der Waals surface area contributed by atoms with Gasteiger partial charge in [0.1, 0.15) is 0 Å². The van der Waals surface area contributed by atoms with E-state index in [0.717, 1.165) is 25.5 Å². The van der Waals surface area contributed by atoms with Gasteiger partial charge in [-0.3, -0.25) is 4.79 Å². The second kappa shape index (κ2) is 7.03. The molecule has 26 heavy (non-hydrogen) atoms. The molecule has 0 aromatic heterocycles. The van der Waals surface area contributed by atoms with E-state index in [2.05, 4.69) is 0 Å². The Kier molecular flexibility index (Phi) is 4.96. The number of Topliss-reactive ketones (excluding diaryl/α,β-unsaturated/α-hetero) is 1. The van der Waals surface area contributed by atoms with Crippen molar-refractivity contribution in [3.05, 3.63) is 64.2 Å². The molecular weight excluding hydrogens is 352 g/mol. The van der Waals surface area contributed by atoms with Gasteiger partial charge in [-0.2, -0.15) is 0 Å². The smallest absolute Gasteiger partial charge is 0.338 e. The van der Waals surface area contributed by atoms with Crippen LogP contribution in [0.1, 0.15) is 43.8 Å². The molecule has 0 heterocycles. The first-order chi connectivity index (χ1) is 12.3. The lowest BCUT2D eigenvalue weighted by molar-refractivity contribution is 0.0473. The van der Waals surface area contributed by atoms with Crippen LogP contribution in [-0.4, -0.2) is 33.0 Å². The van der Waals surface area contributed by atoms with E-state index in [1.165, 1.54) is 23.3 Å². The van der Waals surface area contributed by atoms with E-state index in [-0.39, 0.29) is 22.8 Å². The Morgan fingerprint density at radius 2 is 1.77 bits per heavy atom. The Hall–Kier alpha value is -2.47. The number of ether oxygens (including phenoxy) is 1. The first-order valence-electron chi connectivity index (χ1n) is 8.38. The fourth-order valence-corrected chi connectivity index (χ4v) is 3.74. The number of hydrogen-bond donors (Lipinski definition) is 0. The van der Waals surface area contributed by atoms with Crippen molar-refractivity contribution < 1.29 is 22.7 Å². The molecule has 0 saturated heterocycles. The Bertz CT molecular complexity index is 989. The average molecular weight is 372 g/mol. The van der Waals surface area contributed by atoms with Gasteiger partial charge in [0.25, 0.3) is 0 Å². The molecule has 0 amide bonds. The molecule has 0 fully saturated rings. The molecule has 1 aliphatic rings. The highest BCUT2D eigenvalue weighted by atomic mass is 32.2. The monoisotopic (exact) mass is 372 g/mol. The summed E-state index contributed by atoms with van der Waals surface area (Å²) in [5, 5.41) is 0. The number of fused-ring (bicyclic) bond motifs is 1. The van der Waals surface area contributed by atoms with E-state index in [4.69, 9.17) is 4.74 Å². The summed E-state index contributed by atoms with van der Waals surface area (Å²) in [6, 6.07) is 9.86. The molecule has 0 atom stereocenters. The van der Waals surface area contributed by atoms with Crippen LogP contribution >= 0.6 is 0 Å². The average Bonchev–Trinajstić information content (AvgIpc) is 3.06. The van der Waals surface area contributed by atoms with Crippen molar-refractivity contribution in [2.75, 3.05) is 12.9 Å². The molecule has 136 valence electrons. The van der Waals surface area contributed by atoms with Crippen LogP contribution < -0.4 is 0 Å². The van der Waals surface area contributed by atoms with Gasteiger partial charge in [-0.25, -0.2) is 13.2 Å². The van der Waals surface area contributed by atoms with Crippen molar-refractivity contribution in [2.24, 2.45) is 0 Å². The predicted molar refractivity (Wildman–Crippen MR) is 97.4 cm³/mol.